The quantitative estimate of drug-likeness (QED) is 0.598. The van der Waals surface area contributed by atoms with Gasteiger partial charge in [0, 0.05) is 31.8 Å². The topological polar surface area (TPSA) is 71.2 Å². The zero-order chi connectivity index (χ0) is 18.7. The number of hydrazone groups is 1. The molecule has 0 aliphatic carbocycles. The molecule has 7 nitrogen and oxygen atoms in total. The molecule has 7 heteroatoms. The third-order valence-corrected chi connectivity index (χ3v) is 4.94. The van der Waals surface area contributed by atoms with Gasteiger partial charge in [-0.05, 0) is 44.4 Å². The molecule has 2 heterocycles. The summed E-state index contributed by atoms with van der Waals surface area (Å²) in [4.78, 5) is 14.9. The number of aryl methyl sites for hydroxylation is 2. The number of rotatable bonds is 5. The molecule has 0 saturated carbocycles. The molecule has 0 N–H and O–H groups in total. The average molecular weight is 358 g/mol. The van der Waals surface area contributed by atoms with Gasteiger partial charge in [0.05, 0.1) is 12.7 Å². The normalized spacial score (nSPS) is 25.0. The molecule has 26 heavy (non-hydrogen) atoms. The van der Waals surface area contributed by atoms with E-state index < -0.39 is 5.03 Å². The second kappa shape index (κ2) is 7.86. The zero-order valence-electron chi connectivity index (χ0n) is 15.6. The van der Waals surface area contributed by atoms with Crippen LogP contribution in [0, 0.1) is 29.9 Å². The van der Waals surface area contributed by atoms with Gasteiger partial charge in [0.1, 0.15) is 5.10 Å². The first-order valence-electron chi connectivity index (χ1n) is 9.04. The molecule has 0 amide bonds. The average Bonchev–Trinajstić information content (AvgIpc) is 3.14. The SMILES string of the molecule is Cc1ccc(C=CN2CCN(CC3COC(C)C3)C2=N[N+](=O)[O-])c(C)c1. The fourth-order valence-corrected chi connectivity index (χ4v) is 3.65. The maximum absolute atomic E-state index is 11.0. The Balaban J connectivity index is 1.74. The van der Waals surface area contributed by atoms with Gasteiger partial charge in [0.25, 0.3) is 5.96 Å². The Labute approximate surface area is 154 Å². The van der Waals surface area contributed by atoms with Crippen LogP contribution in [0.15, 0.2) is 29.5 Å². The summed E-state index contributed by atoms with van der Waals surface area (Å²) in [5.74, 6) is 0.806. The Morgan fingerprint density at radius 3 is 2.85 bits per heavy atom. The van der Waals surface area contributed by atoms with E-state index in [9.17, 15) is 10.1 Å². The smallest absolute Gasteiger partial charge is 0.278 e. The van der Waals surface area contributed by atoms with E-state index in [4.69, 9.17) is 4.74 Å². The second-order valence-electron chi connectivity index (χ2n) is 7.20. The third kappa shape index (κ3) is 4.40. The molecule has 2 atom stereocenters. The Morgan fingerprint density at radius 1 is 1.38 bits per heavy atom. The van der Waals surface area contributed by atoms with Crippen molar-refractivity contribution >= 4 is 12.0 Å². The van der Waals surface area contributed by atoms with E-state index in [2.05, 4.69) is 44.1 Å². The summed E-state index contributed by atoms with van der Waals surface area (Å²) in [6.45, 7) is 9.07. The van der Waals surface area contributed by atoms with Crippen molar-refractivity contribution in [1.29, 1.82) is 0 Å². The number of ether oxygens (including phenoxy) is 1. The van der Waals surface area contributed by atoms with Crippen molar-refractivity contribution in [1.82, 2.24) is 9.80 Å². The molecule has 1 aromatic rings. The van der Waals surface area contributed by atoms with E-state index in [1.165, 1.54) is 11.1 Å². The van der Waals surface area contributed by atoms with Gasteiger partial charge in [0.15, 0.2) is 5.03 Å². The number of nitrogens with zero attached hydrogens (tertiary/aromatic N) is 4. The van der Waals surface area contributed by atoms with Crippen LogP contribution < -0.4 is 0 Å². The summed E-state index contributed by atoms with van der Waals surface area (Å²) in [6, 6.07) is 6.26. The fourth-order valence-electron chi connectivity index (χ4n) is 3.65. The monoisotopic (exact) mass is 358 g/mol. The molecular weight excluding hydrogens is 332 g/mol. The lowest BCUT2D eigenvalue weighted by Crippen LogP contribution is -2.35. The van der Waals surface area contributed by atoms with Crippen LogP contribution in [0.5, 0.6) is 0 Å². The van der Waals surface area contributed by atoms with Gasteiger partial charge in [-0.25, -0.2) is 10.1 Å². The van der Waals surface area contributed by atoms with Crippen LogP contribution in [-0.4, -0.2) is 53.1 Å². The predicted molar refractivity (Wildman–Crippen MR) is 101 cm³/mol. The van der Waals surface area contributed by atoms with Gasteiger partial charge in [-0.1, -0.05) is 23.8 Å². The highest BCUT2D eigenvalue weighted by Crippen LogP contribution is 2.22. The predicted octanol–water partition coefficient (Wildman–Crippen LogP) is 2.86. The van der Waals surface area contributed by atoms with Gasteiger partial charge in [-0.15, -0.1) is 0 Å². The number of hydrogen-bond donors (Lipinski definition) is 0. The minimum Gasteiger partial charge on any atom is -0.378 e. The van der Waals surface area contributed by atoms with Gasteiger partial charge < -0.3 is 14.5 Å². The van der Waals surface area contributed by atoms with Gasteiger partial charge in [-0.2, -0.15) is 0 Å². The van der Waals surface area contributed by atoms with E-state index in [-0.39, 0.29) is 6.10 Å². The number of nitro groups is 1. The van der Waals surface area contributed by atoms with Crippen LogP contribution >= 0.6 is 0 Å². The second-order valence-corrected chi connectivity index (χ2v) is 7.20. The lowest BCUT2D eigenvalue weighted by atomic mass is 10.1. The highest BCUT2D eigenvalue weighted by Gasteiger charge is 2.32. The largest absolute Gasteiger partial charge is 0.378 e. The van der Waals surface area contributed by atoms with Crippen molar-refractivity contribution in [2.45, 2.75) is 33.3 Å². The molecule has 2 fully saturated rings. The molecular formula is C19H26N4O3. The minimum absolute atomic E-state index is 0.263. The highest BCUT2D eigenvalue weighted by atomic mass is 16.7. The van der Waals surface area contributed by atoms with Crippen molar-refractivity contribution in [3.05, 3.63) is 51.2 Å². The zero-order valence-corrected chi connectivity index (χ0v) is 15.6. The van der Waals surface area contributed by atoms with E-state index in [1.807, 2.05) is 22.1 Å². The van der Waals surface area contributed by atoms with Crippen LogP contribution in [0.3, 0.4) is 0 Å². The first kappa shape index (κ1) is 18.4. The summed E-state index contributed by atoms with van der Waals surface area (Å²) in [7, 11) is 0. The maximum atomic E-state index is 11.0. The van der Waals surface area contributed by atoms with Gasteiger partial charge in [-0.3, -0.25) is 0 Å². The van der Waals surface area contributed by atoms with Crippen molar-refractivity contribution in [3.63, 3.8) is 0 Å². The molecule has 1 aromatic carbocycles. The maximum Gasteiger partial charge on any atom is 0.278 e. The van der Waals surface area contributed by atoms with Crippen LogP contribution in [-0.2, 0) is 4.74 Å². The highest BCUT2D eigenvalue weighted by molar-refractivity contribution is 5.83. The summed E-state index contributed by atoms with van der Waals surface area (Å²) < 4.78 is 5.62. The van der Waals surface area contributed by atoms with Crippen LogP contribution in [0.25, 0.3) is 6.08 Å². The number of hydrogen-bond acceptors (Lipinski definition) is 3. The van der Waals surface area contributed by atoms with Crippen molar-refractivity contribution in [2.24, 2.45) is 11.0 Å². The van der Waals surface area contributed by atoms with E-state index in [1.54, 1.807) is 0 Å². The molecule has 0 spiro atoms. The Bertz CT molecular complexity index is 731. The lowest BCUT2D eigenvalue weighted by molar-refractivity contribution is -0.486. The van der Waals surface area contributed by atoms with Crippen LogP contribution in [0.2, 0.25) is 0 Å². The van der Waals surface area contributed by atoms with Crippen LogP contribution in [0.4, 0.5) is 0 Å². The molecule has 0 aromatic heterocycles. The molecule has 0 radical (unpaired) electrons. The Kier molecular flexibility index (Phi) is 5.56. The first-order valence-corrected chi connectivity index (χ1v) is 9.04. The molecule has 2 aliphatic rings. The molecule has 2 unspecified atom stereocenters. The van der Waals surface area contributed by atoms with Crippen molar-refractivity contribution in [2.75, 3.05) is 26.2 Å². The summed E-state index contributed by atoms with van der Waals surface area (Å²) in [5, 5.41) is 14.1. The lowest BCUT2D eigenvalue weighted by Gasteiger charge is -2.21. The minimum atomic E-state index is -0.612. The molecule has 3 rings (SSSR count). The Hall–Kier alpha value is -2.41. The van der Waals surface area contributed by atoms with Gasteiger partial charge in [0.2, 0.25) is 0 Å². The molecule has 2 saturated heterocycles. The molecule has 0 bridgehead atoms. The fraction of sp³-hybridized carbons (Fsp3) is 0.526. The van der Waals surface area contributed by atoms with Crippen molar-refractivity contribution < 1.29 is 9.77 Å². The van der Waals surface area contributed by atoms with E-state index in [0.29, 0.717) is 25.0 Å². The Morgan fingerprint density at radius 2 is 2.19 bits per heavy atom. The van der Waals surface area contributed by atoms with Crippen LogP contribution in [0.1, 0.15) is 30.0 Å². The molecule has 2 aliphatic heterocycles. The van der Waals surface area contributed by atoms with Crippen molar-refractivity contribution in [3.8, 4) is 0 Å². The first-order chi connectivity index (χ1) is 12.4. The number of guanidine groups is 1. The number of benzene rings is 1. The van der Waals surface area contributed by atoms with E-state index in [0.717, 1.165) is 25.1 Å². The standard InChI is InChI=1S/C19H26N4O3/c1-14-4-5-18(15(2)10-14)6-7-21-8-9-22(19(21)20-23(24)25)12-17-11-16(3)26-13-17/h4-7,10,16-17H,8-9,11-13H2,1-3H3. The molecule has 140 valence electrons. The summed E-state index contributed by atoms with van der Waals surface area (Å²) in [5.41, 5.74) is 3.50. The van der Waals surface area contributed by atoms with E-state index >= 15 is 0 Å². The third-order valence-electron chi connectivity index (χ3n) is 4.94. The summed E-state index contributed by atoms with van der Waals surface area (Å²) >= 11 is 0. The van der Waals surface area contributed by atoms with Gasteiger partial charge >= 0.3 is 0 Å². The summed E-state index contributed by atoms with van der Waals surface area (Å²) in [6.07, 6.45) is 5.14.